The molecule has 150 valence electrons. The van der Waals surface area contributed by atoms with E-state index in [2.05, 4.69) is 26.3 Å². The van der Waals surface area contributed by atoms with Crippen LogP contribution in [0.3, 0.4) is 0 Å². The van der Waals surface area contributed by atoms with Gasteiger partial charge in [-0.25, -0.2) is 0 Å². The van der Waals surface area contributed by atoms with Gasteiger partial charge in [0.1, 0.15) is 0 Å². The molecule has 1 unspecified atom stereocenters. The van der Waals surface area contributed by atoms with E-state index in [0.717, 1.165) is 68.8 Å². The highest BCUT2D eigenvalue weighted by atomic mass is 32.1. The van der Waals surface area contributed by atoms with Crippen molar-refractivity contribution in [1.29, 1.82) is 0 Å². The fourth-order valence-corrected chi connectivity index (χ4v) is 4.99. The number of rotatable bonds is 4. The van der Waals surface area contributed by atoms with Gasteiger partial charge in [-0.2, -0.15) is 9.36 Å². The molecule has 7 heteroatoms. The summed E-state index contributed by atoms with van der Waals surface area (Å²) in [6.07, 6.45) is 3.55. The molecule has 4 rings (SSSR count). The molecule has 2 aromatic rings. The second-order valence-corrected chi connectivity index (χ2v) is 8.61. The zero-order chi connectivity index (χ0) is 19.3. The average molecular weight is 400 g/mol. The van der Waals surface area contributed by atoms with Crippen LogP contribution < -0.4 is 4.90 Å². The fourth-order valence-electron chi connectivity index (χ4n) is 4.27. The molecule has 0 N–H and O–H groups in total. The second kappa shape index (κ2) is 9.01. The van der Waals surface area contributed by atoms with Gasteiger partial charge < -0.3 is 14.7 Å². The molecular formula is C21H29N5OS. The molecule has 0 saturated carbocycles. The smallest absolute Gasteiger partial charge is 0.219 e. The van der Waals surface area contributed by atoms with Crippen LogP contribution in [0.2, 0.25) is 0 Å². The Hall–Kier alpha value is -1.99. The summed E-state index contributed by atoms with van der Waals surface area (Å²) in [6, 6.07) is 10.2. The van der Waals surface area contributed by atoms with Crippen molar-refractivity contribution in [2.75, 3.05) is 50.7 Å². The van der Waals surface area contributed by atoms with Crippen molar-refractivity contribution in [1.82, 2.24) is 19.2 Å². The highest BCUT2D eigenvalue weighted by Crippen LogP contribution is 2.28. The van der Waals surface area contributed by atoms with Gasteiger partial charge in [0.05, 0.1) is 0 Å². The predicted molar refractivity (Wildman–Crippen MR) is 114 cm³/mol. The van der Waals surface area contributed by atoms with Crippen molar-refractivity contribution >= 4 is 22.6 Å². The van der Waals surface area contributed by atoms with Crippen molar-refractivity contribution in [3.05, 3.63) is 30.3 Å². The maximum absolute atomic E-state index is 11.6. The topological polar surface area (TPSA) is 52.6 Å². The van der Waals surface area contributed by atoms with Crippen LogP contribution in [-0.2, 0) is 4.79 Å². The van der Waals surface area contributed by atoms with Gasteiger partial charge in [-0.05, 0) is 31.7 Å². The van der Waals surface area contributed by atoms with Crippen LogP contribution in [0.25, 0.3) is 11.4 Å². The Bertz CT molecular complexity index is 780. The molecule has 0 radical (unpaired) electrons. The van der Waals surface area contributed by atoms with Crippen molar-refractivity contribution in [3.63, 3.8) is 0 Å². The lowest BCUT2D eigenvalue weighted by atomic mass is 9.97. The first-order valence-corrected chi connectivity index (χ1v) is 11.1. The summed E-state index contributed by atoms with van der Waals surface area (Å²) < 4.78 is 4.58. The maximum atomic E-state index is 11.6. The molecule has 0 aliphatic carbocycles. The van der Waals surface area contributed by atoms with Gasteiger partial charge in [-0.3, -0.25) is 4.79 Å². The van der Waals surface area contributed by atoms with Crippen molar-refractivity contribution < 1.29 is 4.79 Å². The van der Waals surface area contributed by atoms with Crippen LogP contribution in [0.5, 0.6) is 0 Å². The van der Waals surface area contributed by atoms with Crippen molar-refractivity contribution in [3.8, 4) is 11.4 Å². The van der Waals surface area contributed by atoms with E-state index in [1.807, 2.05) is 23.1 Å². The molecule has 1 aromatic carbocycles. The molecule has 1 amide bonds. The highest BCUT2D eigenvalue weighted by Gasteiger charge is 2.25. The number of carbonyl (C=O) groups excluding carboxylic acids is 1. The van der Waals surface area contributed by atoms with Gasteiger partial charge in [0, 0.05) is 63.3 Å². The molecule has 2 fully saturated rings. The molecule has 1 aromatic heterocycles. The largest absolute Gasteiger partial charge is 0.347 e. The summed E-state index contributed by atoms with van der Waals surface area (Å²) >= 11 is 1.51. The molecular weight excluding hydrogens is 370 g/mol. The second-order valence-electron chi connectivity index (χ2n) is 7.88. The third-order valence-corrected chi connectivity index (χ3v) is 6.56. The third kappa shape index (κ3) is 4.70. The van der Waals surface area contributed by atoms with Gasteiger partial charge in [-0.15, -0.1) is 0 Å². The molecule has 0 spiro atoms. The average Bonchev–Trinajstić information content (AvgIpc) is 3.10. The number of hydrogen-bond donors (Lipinski definition) is 0. The van der Waals surface area contributed by atoms with Crippen molar-refractivity contribution in [2.45, 2.75) is 26.2 Å². The number of piperidine rings is 1. The van der Waals surface area contributed by atoms with E-state index in [4.69, 9.17) is 4.98 Å². The molecule has 2 aliphatic heterocycles. The van der Waals surface area contributed by atoms with E-state index in [1.54, 1.807) is 6.92 Å². The van der Waals surface area contributed by atoms with Gasteiger partial charge in [0.15, 0.2) is 5.82 Å². The first-order chi connectivity index (χ1) is 13.7. The standard InChI is InChI=1S/C21H29N5OS/c1-17(27)25-12-6-10-24(13-14-25)15-18-7-5-11-26(16-18)21-22-20(23-28-21)19-8-3-2-4-9-19/h2-4,8-9,18H,5-7,10-16H2,1H3. The third-order valence-electron chi connectivity index (χ3n) is 5.79. The zero-order valence-electron chi connectivity index (χ0n) is 16.6. The van der Waals surface area contributed by atoms with Gasteiger partial charge in [0.25, 0.3) is 0 Å². The predicted octanol–water partition coefficient (Wildman–Crippen LogP) is 2.98. The Morgan fingerprint density at radius 2 is 1.96 bits per heavy atom. The van der Waals surface area contributed by atoms with Crippen LogP contribution in [0.15, 0.2) is 30.3 Å². The molecule has 3 heterocycles. The summed E-state index contributed by atoms with van der Waals surface area (Å²) in [4.78, 5) is 23.4. The lowest BCUT2D eigenvalue weighted by molar-refractivity contribution is -0.128. The first kappa shape index (κ1) is 19.3. The van der Waals surface area contributed by atoms with E-state index in [1.165, 1.54) is 24.4 Å². The quantitative estimate of drug-likeness (QED) is 0.791. The Balaban J connectivity index is 1.35. The first-order valence-electron chi connectivity index (χ1n) is 10.3. The van der Waals surface area contributed by atoms with E-state index in [0.29, 0.717) is 5.92 Å². The molecule has 0 bridgehead atoms. The number of amides is 1. The minimum atomic E-state index is 0.205. The fraction of sp³-hybridized carbons (Fsp3) is 0.571. The van der Waals surface area contributed by atoms with Gasteiger partial charge in [0.2, 0.25) is 11.0 Å². The number of anilines is 1. The molecule has 1 atom stereocenters. The molecule has 2 saturated heterocycles. The lowest BCUT2D eigenvalue weighted by Gasteiger charge is -2.35. The minimum absolute atomic E-state index is 0.205. The van der Waals surface area contributed by atoms with Crippen molar-refractivity contribution in [2.24, 2.45) is 5.92 Å². The van der Waals surface area contributed by atoms with E-state index in [9.17, 15) is 4.79 Å². The number of carbonyl (C=O) groups is 1. The maximum Gasteiger partial charge on any atom is 0.219 e. The summed E-state index contributed by atoms with van der Waals surface area (Å²) in [5, 5.41) is 1.04. The highest BCUT2D eigenvalue weighted by molar-refractivity contribution is 7.09. The Kier molecular flexibility index (Phi) is 6.22. The molecule has 2 aliphatic rings. The number of benzene rings is 1. The van der Waals surface area contributed by atoms with Crippen LogP contribution >= 0.6 is 11.5 Å². The van der Waals surface area contributed by atoms with E-state index < -0.39 is 0 Å². The van der Waals surface area contributed by atoms with Gasteiger partial charge >= 0.3 is 0 Å². The van der Waals surface area contributed by atoms with Gasteiger partial charge in [-0.1, -0.05) is 30.3 Å². The van der Waals surface area contributed by atoms with Crippen LogP contribution in [-0.4, -0.2) is 70.9 Å². The Labute approximate surface area is 171 Å². The summed E-state index contributed by atoms with van der Waals surface area (Å²) in [6.45, 7) is 8.77. The van der Waals surface area contributed by atoms with E-state index >= 15 is 0 Å². The Morgan fingerprint density at radius 1 is 1.11 bits per heavy atom. The zero-order valence-corrected chi connectivity index (χ0v) is 17.4. The number of nitrogens with zero attached hydrogens (tertiary/aromatic N) is 5. The lowest BCUT2D eigenvalue weighted by Crippen LogP contribution is -2.42. The monoisotopic (exact) mass is 399 g/mol. The summed E-state index contributed by atoms with van der Waals surface area (Å²) in [5.74, 6) is 1.69. The number of aromatic nitrogens is 2. The summed E-state index contributed by atoms with van der Waals surface area (Å²) in [5.41, 5.74) is 1.08. The Morgan fingerprint density at radius 3 is 2.79 bits per heavy atom. The van der Waals surface area contributed by atoms with Crippen LogP contribution in [0, 0.1) is 5.92 Å². The normalized spacial score (nSPS) is 21.5. The molecule has 6 nitrogen and oxygen atoms in total. The van der Waals surface area contributed by atoms with Crippen LogP contribution in [0.1, 0.15) is 26.2 Å². The SMILES string of the molecule is CC(=O)N1CCCN(CC2CCCN(c3nc(-c4ccccc4)ns3)C2)CC1. The molecule has 28 heavy (non-hydrogen) atoms. The summed E-state index contributed by atoms with van der Waals surface area (Å²) in [7, 11) is 0. The minimum Gasteiger partial charge on any atom is -0.347 e. The number of hydrogen-bond acceptors (Lipinski definition) is 6. The van der Waals surface area contributed by atoms with Crippen LogP contribution in [0.4, 0.5) is 5.13 Å². The van der Waals surface area contributed by atoms with E-state index in [-0.39, 0.29) is 5.91 Å².